The molecule has 1 unspecified atom stereocenters. The molecule has 0 aromatic heterocycles. The van der Waals surface area contributed by atoms with Gasteiger partial charge in [0.2, 0.25) is 11.8 Å². The number of hydrazine groups is 1. The van der Waals surface area contributed by atoms with E-state index in [0.29, 0.717) is 22.9 Å². The second-order valence-electron chi connectivity index (χ2n) is 7.09. The van der Waals surface area contributed by atoms with Crippen LogP contribution >= 0.6 is 0 Å². The van der Waals surface area contributed by atoms with Crippen molar-refractivity contribution in [3.8, 4) is 17.2 Å². The third-order valence-electron chi connectivity index (χ3n) is 4.86. The monoisotopic (exact) mass is 427 g/mol. The summed E-state index contributed by atoms with van der Waals surface area (Å²) in [6.45, 7) is 1.86. The molecule has 0 spiro atoms. The summed E-state index contributed by atoms with van der Waals surface area (Å²) < 4.78 is 15.9. The number of ether oxygens (including phenoxy) is 3. The van der Waals surface area contributed by atoms with Crippen LogP contribution < -0.4 is 30.0 Å². The fourth-order valence-electron chi connectivity index (χ4n) is 3.25. The van der Waals surface area contributed by atoms with E-state index in [4.69, 9.17) is 14.2 Å². The second kappa shape index (κ2) is 9.84. The molecule has 1 aliphatic heterocycles. The fraction of sp³-hybridized carbons (Fsp3) is 0.318. The molecule has 9 heteroatoms. The average molecular weight is 427 g/mol. The van der Waals surface area contributed by atoms with Crippen LogP contribution in [-0.4, -0.2) is 45.1 Å². The first-order valence-corrected chi connectivity index (χ1v) is 9.72. The van der Waals surface area contributed by atoms with Crippen LogP contribution in [0.3, 0.4) is 0 Å². The van der Waals surface area contributed by atoms with Crippen LogP contribution in [0.25, 0.3) is 0 Å². The molecule has 2 aromatic carbocycles. The molecule has 0 aliphatic carbocycles. The summed E-state index contributed by atoms with van der Waals surface area (Å²) in [7, 11) is 3.04. The summed E-state index contributed by atoms with van der Waals surface area (Å²) in [5, 5.41) is 0. The number of aryl methyl sites for hydroxylation is 1. The Bertz CT molecular complexity index is 977. The molecular weight excluding hydrogens is 402 g/mol. The highest BCUT2D eigenvalue weighted by atomic mass is 16.5. The van der Waals surface area contributed by atoms with Gasteiger partial charge in [0.25, 0.3) is 5.91 Å². The number of carbonyl (C=O) groups is 3. The topological polar surface area (TPSA) is 106 Å². The van der Waals surface area contributed by atoms with E-state index in [9.17, 15) is 14.4 Å². The highest BCUT2D eigenvalue weighted by molar-refractivity contribution is 6.00. The van der Waals surface area contributed by atoms with Crippen LogP contribution in [0.1, 0.15) is 12.0 Å². The maximum Gasteiger partial charge on any atom is 0.276 e. The van der Waals surface area contributed by atoms with Gasteiger partial charge in [-0.25, -0.2) is 0 Å². The molecule has 1 heterocycles. The van der Waals surface area contributed by atoms with Crippen molar-refractivity contribution in [3.05, 3.63) is 48.0 Å². The van der Waals surface area contributed by atoms with E-state index in [2.05, 4.69) is 10.9 Å². The van der Waals surface area contributed by atoms with E-state index in [1.165, 1.54) is 19.1 Å². The van der Waals surface area contributed by atoms with Gasteiger partial charge in [-0.3, -0.25) is 25.2 Å². The zero-order valence-electron chi connectivity index (χ0n) is 17.6. The van der Waals surface area contributed by atoms with Gasteiger partial charge in [-0.15, -0.1) is 0 Å². The Hall–Kier alpha value is -3.75. The minimum atomic E-state index is -0.599. The number of nitrogens with zero attached hydrogens (tertiary/aromatic N) is 1. The van der Waals surface area contributed by atoms with Crippen molar-refractivity contribution >= 4 is 23.4 Å². The van der Waals surface area contributed by atoms with Crippen molar-refractivity contribution in [1.82, 2.24) is 10.9 Å². The zero-order chi connectivity index (χ0) is 22.4. The number of methoxy groups -OCH3 is 2. The van der Waals surface area contributed by atoms with Crippen LogP contribution in [-0.2, 0) is 14.4 Å². The van der Waals surface area contributed by atoms with Crippen LogP contribution in [0.4, 0.5) is 5.69 Å². The number of amides is 3. The van der Waals surface area contributed by atoms with Crippen LogP contribution in [0.2, 0.25) is 0 Å². The summed E-state index contributed by atoms with van der Waals surface area (Å²) in [5.74, 6) is -0.144. The van der Waals surface area contributed by atoms with Crippen LogP contribution in [0, 0.1) is 12.8 Å². The maximum atomic E-state index is 12.4. The highest BCUT2D eigenvalue weighted by Crippen LogP contribution is 2.34. The minimum Gasteiger partial charge on any atom is -0.493 e. The van der Waals surface area contributed by atoms with Gasteiger partial charge in [0, 0.05) is 24.7 Å². The molecule has 164 valence electrons. The minimum absolute atomic E-state index is 0.0375. The molecule has 1 atom stereocenters. The predicted octanol–water partition coefficient (Wildman–Crippen LogP) is 1.59. The van der Waals surface area contributed by atoms with E-state index in [-0.39, 0.29) is 25.5 Å². The average Bonchev–Trinajstić information content (AvgIpc) is 3.17. The summed E-state index contributed by atoms with van der Waals surface area (Å²) in [6, 6.07) is 12.4. The first-order valence-electron chi connectivity index (χ1n) is 9.72. The van der Waals surface area contributed by atoms with Crippen molar-refractivity contribution in [2.75, 3.05) is 32.3 Å². The van der Waals surface area contributed by atoms with Gasteiger partial charge in [0.05, 0.1) is 20.1 Å². The smallest absolute Gasteiger partial charge is 0.276 e. The highest BCUT2D eigenvalue weighted by Gasteiger charge is 2.35. The lowest BCUT2D eigenvalue weighted by Gasteiger charge is -2.18. The normalized spacial score (nSPS) is 15.4. The van der Waals surface area contributed by atoms with Crippen molar-refractivity contribution in [1.29, 1.82) is 0 Å². The largest absolute Gasteiger partial charge is 0.493 e. The summed E-state index contributed by atoms with van der Waals surface area (Å²) in [6.07, 6.45) is 0.0375. The first-order chi connectivity index (χ1) is 14.9. The van der Waals surface area contributed by atoms with Crippen molar-refractivity contribution in [2.24, 2.45) is 5.92 Å². The molecule has 0 saturated carbocycles. The Morgan fingerprint density at radius 3 is 2.55 bits per heavy atom. The van der Waals surface area contributed by atoms with Crippen molar-refractivity contribution in [2.45, 2.75) is 13.3 Å². The molecule has 31 heavy (non-hydrogen) atoms. The first kappa shape index (κ1) is 21.9. The molecule has 3 rings (SSSR count). The van der Waals surface area contributed by atoms with E-state index in [0.717, 1.165) is 5.56 Å². The molecule has 1 saturated heterocycles. The lowest BCUT2D eigenvalue weighted by atomic mass is 10.1. The molecule has 2 aromatic rings. The molecule has 0 bridgehead atoms. The molecular formula is C22H25N3O6. The standard InChI is InChI=1S/C22H25N3O6/c1-14-5-4-6-17(9-14)31-13-20(26)23-24-22(28)15-10-21(27)25(12-15)16-7-8-18(29-2)19(11-16)30-3/h4-9,11,15H,10,12-13H2,1-3H3,(H,23,26)(H,24,28). The number of carbonyl (C=O) groups excluding carboxylic acids is 3. The number of rotatable bonds is 7. The predicted molar refractivity (Wildman–Crippen MR) is 113 cm³/mol. The Morgan fingerprint density at radius 1 is 1.06 bits per heavy atom. The maximum absolute atomic E-state index is 12.4. The molecule has 0 radical (unpaired) electrons. The molecule has 2 N–H and O–H groups in total. The van der Waals surface area contributed by atoms with Crippen molar-refractivity contribution < 1.29 is 28.6 Å². The van der Waals surface area contributed by atoms with Gasteiger partial charge in [-0.1, -0.05) is 12.1 Å². The summed E-state index contributed by atoms with van der Waals surface area (Å²) in [4.78, 5) is 38.3. The molecule has 3 amide bonds. The number of hydrogen-bond donors (Lipinski definition) is 2. The number of hydrogen-bond acceptors (Lipinski definition) is 6. The Balaban J connectivity index is 1.51. The fourth-order valence-corrected chi connectivity index (χ4v) is 3.25. The van der Waals surface area contributed by atoms with E-state index >= 15 is 0 Å². The van der Waals surface area contributed by atoms with Gasteiger partial charge in [0.15, 0.2) is 18.1 Å². The molecule has 1 aliphatic rings. The Kier molecular flexibility index (Phi) is 6.96. The Morgan fingerprint density at radius 2 is 1.84 bits per heavy atom. The summed E-state index contributed by atoms with van der Waals surface area (Å²) >= 11 is 0. The number of benzene rings is 2. The Labute approximate surface area is 180 Å². The van der Waals surface area contributed by atoms with Gasteiger partial charge in [0.1, 0.15) is 5.75 Å². The lowest BCUT2D eigenvalue weighted by Crippen LogP contribution is -2.46. The molecule has 1 fully saturated rings. The van der Waals surface area contributed by atoms with E-state index < -0.39 is 17.7 Å². The molecule has 9 nitrogen and oxygen atoms in total. The zero-order valence-corrected chi connectivity index (χ0v) is 17.6. The number of nitrogens with one attached hydrogen (secondary N) is 2. The third-order valence-corrected chi connectivity index (χ3v) is 4.86. The SMILES string of the molecule is COc1ccc(N2CC(C(=O)NNC(=O)COc3cccc(C)c3)CC2=O)cc1OC. The number of anilines is 1. The van der Waals surface area contributed by atoms with Crippen molar-refractivity contribution in [3.63, 3.8) is 0 Å². The van der Waals surface area contributed by atoms with E-state index in [1.54, 1.807) is 30.3 Å². The van der Waals surface area contributed by atoms with Gasteiger partial charge in [-0.05, 0) is 36.8 Å². The van der Waals surface area contributed by atoms with Crippen LogP contribution in [0.5, 0.6) is 17.2 Å². The van der Waals surface area contributed by atoms with Crippen LogP contribution in [0.15, 0.2) is 42.5 Å². The van der Waals surface area contributed by atoms with E-state index in [1.807, 2.05) is 19.1 Å². The quantitative estimate of drug-likeness (QED) is 0.650. The second-order valence-corrected chi connectivity index (χ2v) is 7.09. The third kappa shape index (κ3) is 5.44. The lowest BCUT2D eigenvalue weighted by molar-refractivity contribution is -0.132. The summed E-state index contributed by atoms with van der Waals surface area (Å²) in [5.41, 5.74) is 6.30. The van der Waals surface area contributed by atoms with Gasteiger partial charge in [-0.2, -0.15) is 0 Å². The van der Waals surface area contributed by atoms with Gasteiger partial charge >= 0.3 is 0 Å². The van der Waals surface area contributed by atoms with Gasteiger partial charge < -0.3 is 19.1 Å².